The summed E-state index contributed by atoms with van der Waals surface area (Å²) < 4.78 is 36.1. The highest BCUT2D eigenvalue weighted by molar-refractivity contribution is 7.86. The van der Waals surface area contributed by atoms with Gasteiger partial charge < -0.3 is 4.74 Å². The summed E-state index contributed by atoms with van der Waals surface area (Å²) in [6, 6.07) is 11.8. The maximum absolute atomic E-state index is 13.5. The summed E-state index contributed by atoms with van der Waals surface area (Å²) in [4.78, 5) is 1.29. The number of morpholine rings is 1. The van der Waals surface area contributed by atoms with Gasteiger partial charge in [0.25, 0.3) is 10.2 Å². The van der Waals surface area contributed by atoms with E-state index in [-0.39, 0.29) is 18.2 Å². The van der Waals surface area contributed by atoms with Gasteiger partial charge in [0.15, 0.2) is 0 Å². The summed E-state index contributed by atoms with van der Waals surface area (Å²) in [5.74, 6) is 0. The first-order valence-corrected chi connectivity index (χ1v) is 11.3. The quantitative estimate of drug-likeness (QED) is 0.807. The van der Waals surface area contributed by atoms with Crippen LogP contribution in [0.5, 0.6) is 0 Å². The number of thiophene rings is 1. The van der Waals surface area contributed by atoms with Crippen LogP contribution in [0.3, 0.4) is 0 Å². The third-order valence-corrected chi connectivity index (χ3v) is 7.98. The second-order valence-electron chi connectivity index (χ2n) is 7.06. The molecule has 1 aromatic heterocycles. The molecule has 0 radical (unpaired) electrons. The number of fused-ring (bicyclic) bond motifs is 1. The summed E-state index contributed by atoms with van der Waals surface area (Å²) >= 11 is 1.72. The second-order valence-corrected chi connectivity index (χ2v) is 9.94. The van der Waals surface area contributed by atoms with Gasteiger partial charge in [-0.2, -0.15) is 17.0 Å². The van der Waals surface area contributed by atoms with Crippen LogP contribution in [0.15, 0.2) is 41.8 Å². The van der Waals surface area contributed by atoms with Crippen LogP contribution in [-0.2, 0) is 21.4 Å². The molecule has 0 saturated carbocycles. The van der Waals surface area contributed by atoms with Crippen molar-refractivity contribution in [1.82, 2.24) is 8.61 Å². The lowest BCUT2D eigenvalue weighted by molar-refractivity contribution is -0.0457. The average Bonchev–Trinajstić information content (AvgIpc) is 3.09. The van der Waals surface area contributed by atoms with Crippen LogP contribution in [0.4, 0.5) is 0 Å². The highest BCUT2D eigenvalue weighted by Crippen LogP contribution is 2.40. The van der Waals surface area contributed by atoms with Gasteiger partial charge in [-0.05, 0) is 42.8 Å². The Morgan fingerprint density at radius 3 is 2.46 bits per heavy atom. The van der Waals surface area contributed by atoms with Crippen LogP contribution in [0.2, 0.25) is 0 Å². The zero-order chi connectivity index (χ0) is 18.3. The lowest BCUT2D eigenvalue weighted by Gasteiger charge is -2.41. The van der Waals surface area contributed by atoms with E-state index in [0.717, 1.165) is 17.5 Å². The van der Waals surface area contributed by atoms with Crippen molar-refractivity contribution in [2.45, 2.75) is 38.5 Å². The van der Waals surface area contributed by atoms with Crippen LogP contribution in [0.25, 0.3) is 0 Å². The van der Waals surface area contributed by atoms with Crippen LogP contribution < -0.4 is 0 Å². The van der Waals surface area contributed by atoms with E-state index in [1.165, 1.54) is 4.88 Å². The van der Waals surface area contributed by atoms with E-state index in [9.17, 15) is 8.42 Å². The lowest BCUT2D eigenvalue weighted by Crippen LogP contribution is -2.54. The van der Waals surface area contributed by atoms with Crippen molar-refractivity contribution in [2.75, 3.05) is 19.6 Å². The molecule has 2 aliphatic heterocycles. The molecule has 26 heavy (non-hydrogen) atoms. The minimum absolute atomic E-state index is 0.0924. The molecule has 2 aromatic rings. The van der Waals surface area contributed by atoms with E-state index in [2.05, 4.69) is 11.4 Å². The first-order valence-electron chi connectivity index (χ1n) is 9.00. The Hall–Kier alpha value is -1.25. The highest BCUT2D eigenvalue weighted by Gasteiger charge is 2.42. The molecule has 140 valence electrons. The molecule has 0 unspecified atom stereocenters. The molecule has 0 N–H and O–H groups in total. The number of benzene rings is 1. The van der Waals surface area contributed by atoms with Crippen molar-refractivity contribution in [3.05, 3.63) is 57.8 Å². The molecule has 3 heterocycles. The third kappa shape index (κ3) is 3.23. The fraction of sp³-hybridized carbons (Fsp3) is 0.474. The predicted molar refractivity (Wildman–Crippen MR) is 104 cm³/mol. The van der Waals surface area contributed by atoms with Gasteiger partial charge in [-0.15, -0.1) is 11.3 Å². The van der Waals surface area contributed by atoms with Gasteiger partial charge in [-0.3, -0.25) is 0 Å². The zero-order valence-electron chi connectivity index (χ0n) is 15.0. The van der Waals surface area contributed by atoms with Crippen LogP contribution >= 0.6 is 11.3 Å². The van der Waals surface area contributed by atoms with Crippen molar-refractivity contribution in [3.63, 3.8) is 0 Å². The fourth-order valence-electron chi connectivity index (χ4n) is 3.99. The molecule has 0 spiro atoms. The third-order valence-electron chi connectivity index (χ3n) is 5.05. The fourth-order valence-corrected chi connectivity index (χ4v) is 6.81. The van der Waals surface area contributed by atoms with E-state index < -0.39 is 10.2 Å². The first kappa shape index (κ1) is 18.1. The Balaban J connectivity index is 1.74. The van der Waals surface area contributed by atoms with Crippen molar-refractivity contribution in [3.8, 4) is 0 Å². The smallest absolute Gasteiger partial charge is 0.283 e. The Bertz CT molecular complexity index is 856. The molecule has 0 aliphatic carbocycles. The second kappa shape index (κ2) is 7.05. The van der Waals surface area contributed by atoms with E-state index in [1.54, 1.807) is 19.9 Å². The van der Waals surface area contributed by atoms with E-state index in [4.69, 9.17) is 4.74 Å². The van der Waals surface area contributed by atoms with E-state index in [0.29, 0.717) is 19.6 Å². The molecule has 5 nitrogen and oxygen atoms in total. The molecule has 2 aliphatic rings. The number of ether oxygens (including phenoxy) is 1. The standard InChI is InChI=1S/C19H24N2O3S2/c1-14-12-20(13-15(2)24-14)26(22,23)21-10-8-18-17(9-11-25-18)19(21)16-6-4-3-5-7-16/h3-7,9,11,14-15,19H,8,10,12-13H2,1-2H3/t14-,15-,19-/m1/s1. The average molecular weight is 393 g/mol. The molecule has 4 rings (SSSR count). The Kier molecular flexibility index (Phi) is 4.92. The summed E-state index contributed by atoms with van der Waals surface area (Å²) in [5, 5.41) is 2.07. The Labute approximate surface area is 159 Å². The molecule has 3 atom stereocenters. The molecule has 0 amide bonds. The maximum Gasteiger partial charge on any atom is 0.283 e. The van der Waals surface area contributed by atoms with Gasteiger partial charge in [0, 0.05) is 24.5 Å². The summed E-state index contributed by atoms with van der Waals surface area (Å²) in [6.45, 7) is 5.18. The highest BCUT2D eigenvalue weighted by atomic mass is 32.2. The van der Waals surface area contributed by atoms with Gasteiger partial charge in [0.05, 0.1) is 18.2 Å². The Morgan fingerprint density at radius 1 is 1.08 bits per heavy atom. The zero-order valence-corrected chi connectivity index (χ0v) is 16.7. The largest absolute Gasteiger partial charge is 0.373 e. The van der Waals surface area contributed by atoms with Crippen molar-refractivity contribution in [1.29, 1.82) is 0 Å². The first-order chi connectivity index (χ1) is 12.5. The van der Waals surface area contributed by atoms with E-state index >= 15 is 0 Å². The summed E-state index contributed by atoms with van der Waals surface area (Å²) in [7, 11) is -3.58. The summed E-state index contributed by atoms with van der Waals surface area (Å²) in [5.41, 5.74) is 2.13. The van der Waals surface area contributed by atoms with E-state index in [1.807, 2.05) is 44.2 Å². The predicted octanol–water partition coefficient (Wildman–Crippen LogP) is 3.05. The topological polar surface area (TPSA) is 49.9 Å². The molecular formula is C19H24N2O3S2. The number of nitrogens with zero attached hydrogens (tertiary/aromatic N) is 2. The molecular weight excluding hydrogens is 368 g/mol. The monoisotopic (exact) mass is 392 g/mol. The summed E-state index contributed by atoms with van der Waals surface area (Å²) in [6.07, 6.45) is 0.584. The SMILES string of the molecule is C[C@@H]1CN(S(=O)(=O)N2CCc3sccc3[C@H]2c2ccccc2)C[C@@H](C)O1. The normalized spacial score (nSPS) is 28.0. The molecule has 1 saturated heterocycles. The number of rotatable bonds is 3. The van der Waals surface area contributed by atoms with Crippen LogP contribution in [0, 0.1) is 0 Å². The van der Waals surface area contributed by atoms with Gasteiger partial charge in [0.2, 0.25) is 0 Å². The Morgan fingerprint density at radius 2 is 1.77 bits per heavy atom. The molecule has 1 fully saturated rings. The minimum Gasteiger partial charge on any atom is -0.373 e. The minimum atomic E-state index is -3.58. The molecule has 1 aromatic carbocycles. The van der Waals surface area contributed by atoms with Crippen molar-refractivity contribution < 1.29 is 13.2 Å². The van der Waals surface area contributed by atoms with Gasteiger partial charge in [0.1, 0.15) is 0 Å². The maximum atomic E-state index is 13.5. The van der Waals surface area contributed by atoms with Gasteiger partial charge in [-0.25, -0.2) is 0 Å². The lowest BCUT2D eigenvalue weighted by atomic mass is 9.95. The van der Waals surface area contributed by atoms with Crippen molar-refractivity contribution in [2.24, 2.45) is 0 Å². The molecule has 7 heteroatoms. The van der Waals surface area contributed by atoms with Gasteiger partial charge >= 0.3 is 0 Å². The number of hydrogen-bond acceptors (Lipinski definition) is 4. The van der Waals surface area contributed by atoms with Gasteiger partial charge in [-0.1, -0.05) is 30.3 Å². The number of hydrogen-bond donors (Lipinski definition) is 0. The van der Waals surface area contributed by atoms with Crippen LogP contribution in [-0.4, -0.2) is 48.9 Å². The van der Waals surface area contributed by atoms with Crippen LogP contribution in [0.1, 0.15) is 35.9 Å². The van der Waals surface area contributed by atoms with Crippen molar-refractivity contribution >= 4 is 21.5 Å². The molecule has 0 bridgehead atoms.